The molecule has 0 saturated carbocycles. The van der Waals surface area contributed by atoms with Crippen LogP contribution in [0.2, 0.25) is 0 Å². The summed E-state index contributed by atoms with van der Waals surface area (Å²) < 4.78 is 30.3. The quantitative estimate of drug-likeness (QED) is 0.274. The number of nitrogens with zero attached hydrogens (tertiary/aromatic N) is 2. The third kappa shape index (κ3) is 5.67. The van der Waals surface area contributed by atoms with Gasteiger partial charge in [0.2, 0.25) is 6.79 Å². The molecule has 1 aliphatic heterocycles. The van der Waals surface area contributed by atoms with Gasteiger partial charge in [0.1, 0.15) is 16.6 Å². The van der Waals surface area contributed by atoms with Gasteiger partial charge in [-0.05, 0) is 47.5 Å². The maximum atomic E-state index is 14.0. The summed E-state index contributed by atoms with van der Waals surface area (Å²) in [4.78, 5) is 7.09. The third-order valence-corrected chi connectivity index (χ3v) is 6.62. The zero-order chi connectivity index (χ0) is 24.9. The molecule has 0 fully saturated rings. The predicted molar refractivity (Wildman–Crippen MR) is 140 cm³/mol. The largest absolute Gasteiger partial charge is 0.497 e. The second kappa shape index (κ2) is 10.8. The van der Waals surface area contributed by atoms with Crippen LogP contribution in [0.4, 0.5) is 10.1 Å². The maximum absolute atomic E-state index is 14.0. The number of methoxy groups -OCH3 is 1. The molecule has 5 rings (SSSR count). The molecule has 3 aromatic carbocycles. The van der Waals surface area contributed by atoms with E-state index in [1.807, 2.05) is 29.6 Å². The fourth-order valence-electron chi connectivity index (χ4n) is 3.96. The van der Waals surface area contributed by atoms with Gasteiger partial charge >= 0.3 is 0 Å². The lowest BCUT2D eigenvalue weighted by molar-refractivity contribution is 0.174. The van der Waals surface area contributed by atoms with Crippen LogP contribution < -0.4 is 19.5 Å². The topological polar surface area (TPSA) is 55.9 Å². The van der Waals surface area contributed by atoms with Crippen molar-refractivity contribution >= 4 is 22.7 Å². The molecule has 4 aromatic rings. The number of benzene rings is 3. The van der Waals surface area contributed by atoms with Gasteiger partial charge in [-0.25, -0.2) is 9.37 Å². The van der Waals surface area contributed by atoms with Crippen LogP contribution in [0.3, 0.4) is 0 Å². The Kier molecular flexibility index (Phi) is 7.16. The molecule has 6 nitrogen and oxygen atoms in total. The molecule has 0 aliphatic carbocycles. The van der Waals surface area contributed by atoms with Gasteiger partial charge in [-0.2, -0.15) is 0 Å². The fourth-order valence-corrected chi connectivity index (χ4v) is 4.81. The van der Waals surface area contributed by atoms with E-state index < -0.39 is 0 Å². The highest BCUT2D eigenvalue weighted by Gasteiger charge is 2.17. The van der Waals surface area contributed by atoms with Gasteiger partial charge in [0, 0.05) is 18.5 Å². The van der Waals surface area contributed by atoms with Crippen LogP contribution in [0.25, 0.3) is 5.70 Å². The van der Waals surface area contributed by atoms with Crippen molar-refractivity contribution < 1.29 is 18.6 Å². The highest BCUT2D eigenvalue weighted by atomic mass is 32.1. The zero-order valence-electron chi connectivity index (χ0n) is 19.9. The van der Waals surface area contributed by atoms with Gasteiger partial charge in [-0.1, -0.05) is 36.9 Å². The lowest BCUT2D eigenvalue weighted by Gasteiger charge is -2.22. The summed E-state index contributed by atoms with van der Waals surface area (Å²) in [6.07, 6.45) is 0. The van der Waals surface area contributed by atoms with Crippen LogP contribution in [-0.2, 0) is 19.6 Å². The molecule has 1 aliphatic rings. The van der Waals surface area contributed by atoms with E-state index in [0.717, 1.165) is 34.4 Å². The van der Waals surface area contributed by atoms with Crippen molar-refractivity contribution in [1.29, 1.82) is 0 Å². The van der Waals surface area contributed by atoms with Crippen molar-refractivity contribution in [2.75, 3.05) is 19.2 Å². The highest BCUT2D eigenvalue weighted by Crippen LogP contribution is 2.33. The number of para-hydroxylation sites is 1. The number of thiazole rings is 1. The Morgan fingerprint density at radius 1 is 1.03 bits per heavy atom. The predicted octanol–water partition coefficient (Wildman–Crippen LogP) is 6.30. The number of anilines is 1. The first-order valence-electron chi connectivity index (χ1n) is 11.5. The molecular formula is C28H26FN3O3S. The molecule has 184 valence electrons. The van der Waals surface area contributed by atoms with Gasteiger partial charge in [0.25, 0.3) is 0 Å². The summed E-state index contributed by atoms with van der Waals surface area (Å²) in [7, 11) is 1.66. The molecule has 0 spiro atoms. The van der Waals surface area contributed by atoms with E-state index in [4.69, 9.17) is 19.2 Å². The third-order valence-electron chi connectivity index (χ3n) is 5.79. The highest BCUT2D eigenvalue weighted by molar-refractivity contribution is 7.09. The van der Waals surface area contributed by atoms with Crippen molar-refractivity contribution in [1.82, 2.24) is 9.88 Å². The molecule has 0 radical (unpaired) electrons. The van der Waals surface area contributed by atoms with Crippen molar-refractivity contribution in [3.05, 3.63) is 106 Å². The summed E-state index contributed by atoms with van der Waals surface area (Å²) in [5.41, 5.74) is 3.92. The smallest absolute Gasteiger partial charge is 0.231 e. The fraction of sp³-hybridized carbons (Fsp3) is 0.179. The molecule has 1 aromatic heterocycles. The first kappa shape index (κ1) is 23.8. The Labute approximate surface area is 213 Å². The first-order chi connectivity index (χ1) is 17.6. The number of hydrogen-bond donors (Lipinski definition) is 1. The monoisotopic (exact) mass is 503 g/mol. The Hall–Kier alpha value is -3.88. The zero-order valence-corrected chi connectivity index (χ0v) is 20.7. The number of halogens is 1. The van der Waals surface area contributed by atoms with E-state index in [0.29, 0.717) is 30.2 Å². The Morgan fingerprint density at radius 3 is 2.58 bits per heavy atom. The van der Waals surface area contributed by atoms with Gasteiger partial charge in [0.05, 0.1) is 30.7 Å². The Balaban J connectivity index is 1.32. The van der Waals surface area contributed by atoms with Gasteiger partial charge in [-0.3, -0.25) is 4.90 Å². The van der Waals surface area contributed by atoms with E-state index >= 15 is 0 Å². The van der Waals surface area contributed by atoms with E-state index in [1.165, 1.54) is 11.6 Å². The summed E-state index contributed by atoms with van der Waals surface area (Å²) in [5, 5.41) is 5.91. The first-order valence-corrected chi connectivity index (χ1v) is 12.3. The van der Waals surface area contributed by atoms with Crippen LogP contribution in [0.1, 0.15) is 21.8 Å². The Bertz CT molecular complexity index is 1360. The second-order valence-electron chi connectivity index (χ2n) is 8.39. The summed E-state index contributed by atoms with van der Waals surface area (Å²) in [6.45, 7) is 6.37. The van der Waals surface area contributed by atoms with Crippen LogP contribution in [0.15, 0.2) is 78.7 Å². The minimum atomic E-state index is -0.330. The van der Waals surface area contributed by atoms with Crippen LogP contribution in [-0.4, -0.2) is 23.8 Å². The lowest BCUT2D eigenvalue weighted by atomic mass is 10.1. The summed E-state index contributed by atoms with van der Waals surface area (Å²) in [6, 6.07) is 20.6. The van der Waals surface area contributed by atoms with Crippen molar-refractivity contribution in [2.45, 2.75) is 19.6 Å². The molecule has 1 N–H and O–H groups in total. The van der Waals surface area contributed by atoms with E-state index in [1.54, 1.807) is 36.6 Å². The average molecular weight is 504 g/mol. The van der Waals surface area contributed by atoms with E-state index in [2.05, 4.69) is 35.0 Å². The number of aromatic nitrogens is 1. The van der Waals surface area contributed by atoms with Crippen molar-refractivity contribution in [3.8, 4) is 17.2 Å². The molecule has 8 heteroatoms. The number of fused-ring (bicyclic) bond motifs is 1. The molecule has 0 saturated heterocycles. The van der Waals surface area contributed by atoms with Crippen LogP contribution in [0, 0.1) is 5.82 Å². The number of rotatable bonds is 10. The number of hydrogen-bond acceptors (Lipinski definition) is 7. The molecule has 0 bridgehead atoms. The van der Waals surface area contributed by atoms with Crippen LogP contribution >= 0.6 is 11.3 Å². The molecule has 36 heavy (non-hydrogen) atoms. The molecule has 0 unspecified atom stereocenters. The number of ether oxygens (including phenoxy) is 3. The van der Waals surface area contributed by atoms with Gasteiger partial charge in [-0.15, -0.1) is 11.3 Å². The second-order valence-corrected chi connectivity index (χ2v) is 9.33. The summed E-state index contributed by atoms with van der Waals surface area (Å²) >= 11 is 1.56. The van der Waals surface area contributed by atoms with Crippen LogP contribution in [0.5, 0.6) is 17.2 Å². The number of nitrogens with one attached hydrogen (secondary N) is 1. The van der Waals surface area contributed by atoms with E-state index in [-0.39, 0.29) is 12.6 Å². The average Bonchev–Trinajstić information content (AvgIpc) is 3.55. The molecular weight excluding hydrogens is 477 g/mol. The minimum absolute atomic E-state index is 0.251. The minimum Gasteiger partial charge on any atom is -0.497 e. The lowest BCUT2D eigenvalue weighted by Crippen LogP contribution is -2.22. The standard InChI is InChI=1S/C28H26FN3O3S/c1-19(30-24-6-4-3-5-23(24)29)25-17-36-28(31-25)16-32(14-20-7-10-22(33-2)11-8-20)15-21-9-12-26-27(13-21)35-18-34-26/h3-13,17,30H,1,14-16,18H2,2H3. The van der Waals surface area contributed by atoms with Gasteiger partial charge in [0.15, 0.2) is 11.5 Å². The normalized spacial score (nSPS) is 12.1. The molecule has 2 heterocycles. The van der Waals surface area contributed by atoms with E-state index in [9.17, 15) is 4.39 Å². The molecule has 0 atom stereocenters. The van der Waals surface area contributed by atoms with Gasteiger partial charge < -0.3 is 19.5 Å². The Morgan fingerprint density at radius 2 is 1.78 bits per heavy atom. The molecule has 0 amide bonds. The SMILES string of the molecule is C=C(Nc1ccccc1F)c1csc(CN(Cc2ccc(OC)cc2)Cc2ccc3c(c2)OCO3)n1. The van der Waals surface area contributed by atoms with Crippen molar-refractivity contribution in [3.63, 3.8) is 0 Å². The maximum Gasteiger partial charge on any atom is 0.231 e. The summed E-state index contributed by atoms with van der Waals surface area (Å²) in [5.74, 6) is 2.03. The van der Waals surface area contributed by atoms with Crippen molar-refractivity contribution in [2.24, 2.45) is 0 Å².